The predicted octanol–water partition coefficient (Wildman–Crippen LogP) is 2.95. The van der Waals surface area contributed by atoms with Crippen LogP contribution in [0.5, 0.6) is 5.75 Å². The van der Waals surface area contributed by atoms with E-state index in [1.807, 2.05) is 38.1 Å². The first-order valence-corrected chi connectivity index (χ1v) is 7.15. The number of anilines is 2. The summed E-state index contributed by atoms with van der Waals surface area (Å²) in [5.74, 6) is 0.721. The number of ether oxygens (including phenoxy) is 1. The van der Waals surface area contributed by atoms with Gasteiger partial charge in [-0.1, -0.05) is 11.3 Å². The van der Waals surface area contributed by atoms with Gasteiger partial charge in [-0.2, -0.15) is 0 Å². The van der Waals surface area contributed by atoms with Crippen molar-refractivity contribution in [2.45, 2.75) is 13.8 Å². The second-order valence-corrected chi connectivity index (χ2v) is 5.09. The number of amides is 1. The van der Waals surface area contributed by atoms with Crippen LogP contribution >= 0.6 is 11.3 Å². The Morgan fingerprint density at radius 2 is 2.05 bits per heavy atom. The van der Waals surface area contributed by atoms with Crippen LogP contribution in [0, 0.1) is 6.92 Å². The highest BCUT2D eigenvalue weighted by Gasteiger charge is 2.13. The normalized spacial score (nSPS) is 10.2. The summed E-state index contributed by atoms with van der Waals surface area (Å²) < 4.78 is 5.39. The first kappa shape index (κ1) is 14.3. The summed E-state index contributed by atoms with van der Waals surface area (Å²) >= 11 is 1.34. The van der Waals surface area contributed by atoms with Crippen LogP contribution < -0.4 is 15.4 Å². The number of aryl methyl sites for hydroxylation is 1. The Labute approximate surface area is 122 Å². The number of nitrogens with one attached hydrogen (secondary N) is 2. The standard InChI is InChI=1S/C14H17N3O2S/c1-4-19-11-7-5-10(6-8-11)17-14-16-9(2)12(20-14)13(18)15-3/h5-8H,4H2,1-3H3,(H,15,18)(H,16,17). The molecule has 1 heterocycles. The fraction of sp³-hybridized carbons (Fsp3) is 0.286. The Hall–Kier alpha value is -2.08. The van der Waals surface area contributed by atoms with E-state index in [1.54, 1.807) is 7.05 Å². The molecule has 0 radical (unpaired) electrons. The molecule has 5 nitrogen and oxygen atoms in total. The van der Waals surface area contributed by atoms with Gasteiger partial charge in [0.05, 0.1) is 12.3 Å². The fourth-order valence-corrected chi connectivity index (χ4v) is 2.63. The van der Waals surface area contributed by atoms with Crippen molar-refractivity contribution < 1.29 is 9.53 Å². The average molecular weight is 291 g/mol. The Bertz CT molecular complexity index is 593. The molecule has 106 valence electrons. The van der Waals surface area contributed by atoms with Crippen molar-refractivity contribution in [2.24, 2.45) is 0 Å². The zero-order chi connectivity index (χ0) is 14.5. The molecular weight excluding hydrogens is 274 g/mol. The van der Waals surface area contributed by atoms with E-state index in [4.69, 9.17) is 4.74 Å². The van der Waals surface area contributed by atoms with Crippen LogP contribution in [-0.2, 0) is 0 Å². The monoisotopic (exact) mass is 291 g/mol. The van der Waals surface area contributed by atoms with Gasteiger partial charge in [0.25, 0.3) is 5.91 Å². The highest BCUT2D eigenvalue weighted by Crippen LogP contribution is 2.26. The molecule has 0 saturated carbocycles. The van der Waals surface area contributed by atoms with E-state index in [9.17, 15) is 4.79 Å². The Morgan fingerprint density at radius 3 is 2.65 bits per heavy atom. The molecule has 0 fully saturated rings. The number of benzene rings is 1. The Kier molecular flexibility index (Phi) is 4.57. The maximum Gasteiger partial charge on any atom is 0.263 e. The summed E-state index contributed by atoms with van der Waals surface area (Å²) in [7, 11) is 1.61. The van der Waals surface area contributed by atoms with Gasteiger partial charge >= 0.3 is 0 Å². The summed E-state index contributed by atoms with van der Waals surface area (Å²) in [6, 6.07) is 7.63. The highest BCUT2D eigenvalue weighted by molar-refractivity contribution is 7.17. The molecule has 2 rings (SSSR count). The van der Waals surface area contributed by atoms with Crippen molar-refractivity contribution in [3.8, 4) is 5.75 Å². The van der Waals surface area contributed by atoms with Gasteiger partial charge in [0.1, 0.15) is 10.6 Å². The molecule has 1 amide bonds. The summed E-state index contributed by atoms with van der Waals surface area (Å²) in [5, 5.41) is 6.49. The van der Waals surface area contributed by atoms with Crippen LogP contribution in [0.3, 0.4) is 0 Å². The summed E-state index contributed by atoms with van der Waals surface area (Å²) in [5.41, 5.74) is 1.63. The average Bonchev–Trinajstić information content (AvgIpc) is 2.81. The minimum absolute atomic E-state index is 0.111. The van der Waals surface area contributed by atoms with Crippen LogP contribution in [0.25, 0.3) is 0 Å². The minimum Gasteiger partial charge on any atom is -0.494 e. The number of hydrogen-bond acceptors (Lipinski definition) is 5. The van der Waals surface area contributed by atoms with E-state index in [1.165, 1.54) is 11.3 Å². The van der Waals surface area contributed by atoms with Crippen LogP contribution in [0.4, 0.5) is 10.8 Å². The largest absolute Gasteiger partial charge is 0.494 e. The van der Waals surface area contributed by atoms with E-state index >= 15 is 0 Å². The lowest BCUT2D eigenvalue weighted by atomic mass is 10.3. The second kappa shape index (κ2) is 6.38. The zero-order valence-electron chi connectivity index (χ0n) is 11.7. The van der Waals surface area contributed by atoms with Gasteiger partial charge < -0.3 is 15.4 Å². The quantitative estimate of drug-likeness (QED) is 0.889. The Balaban J connectivity index is 2.11. The SMILES string of the molecule is CCOc1ccc(Nc2nc(C)c(C(=O)NC)s2)cc1. The molecule has 1 aromatic heterocycles. The molecule has 2 N–H and O–H groups in total. The van der Waals surface area contributed by atoms with Crippen LogP contribution in [0.2, 0.25) is 0 Å². The van der Waals surface area contributed by atoms with E-state index in [0.717, 1.165) is 17.1 Å². The first-order valence-electron chi connectivity index (χ1n) is 6.33. The lowest BCUT2D eigenvalue weighted by molar-refractivity contribution is 0.0966. The molecule has 0 aliphatic heterocycles. The number of rotatable bonds is 5. The molecule has 0 aliphatic carbocycles. The third kappa shape index (κ3) is 3.27. The number of carbonyl (C=O) groups excluding carboxylic acids is 1. The predicted molar refractivity (Wildman–Crippen MR) is 81.1 cm³/mol. The summed E-state index contributed by atoms with van der Waals surface area (Å²) in [6.45, 7) is 4.42. The van der Waals surface area contributed by atoms with Crippen LogP contribution in [0.1, 0.15) is 22.3 Å². The molecular formula is C14H17N3O2S. The maximum absolute atomic E-state index is 11.6. The number of carbonyl (C=O) groups is 1. The van der Waals surface area contributed by atoms with E-state index < -0.39 is 0 Å². The molecule has 0 spiro atoms. The Morgan fingerprint density at radius 1 is 1.35 bits per heavy atom. The smallest absolute Gasteiger partial charge is 0.263 e. The zero-order valence-corrected chi connectivity index (χ0v) is 12.5. The van der Waals surface area contributed by atoms with Crippen LogP contribution in [0.15, 0.2) is 24.3 Å². The first-order chi connectivity index (χ1) is 9.63. The minimum atomic E-state index is -0.111. The highest BCUT2D eigenvalue weighted by atomic mass is 32.1. The van der Waals surface area contributed by atoms with E-state index in [2.05, 4.69) is 15.6 Å². The maximum atomic E-state index is 11.6. The van der Waals surface area contributed by atoms with E-state index in [0.29, 0.717) is 16.6 Å². The third-order valence-electron chi connectivity index (χ3n) is 2.65. The van der Waals surface area contributed by atoms with Gasteiger partial charge in [0.2, 0.25) is 0 Å². The number of hydrogen-bond donors (Lipinski definition) is 2. The lowest BCUT2D eigenvalue weighted by Gasteiger charge is -2.05. The molecule has 0 bridgehead atoms. The van der Waals surface area contributed by atoms with Crippen molar-refractivity contribution in [1.82, 2.24) is 10.3 Å². The van der Waals surface area contributed by atoms with Gasteiger partial charge in [0, 0.05) is 12.7 Å². The van der Waals surface area contributed by atoms with Crippen molar-refractivity contribution in [3.63, 3.8) is 0 Å². The molecule has 0 saturated heterocycles. The van der Waals surface area contributed by atoms with Gasteiger partial charge in [-0.05, 0) is 38.1 Å². The topological polar surface area (TPSA) is 63.2 Å². The van der Waals surface area contributed by atoms with Gasteiger partial charge in [-0.15, -0.1) is 0 Å². The molecule has 6 heteroatoms. The molecule has 0 unspecified atom stereocenters. The fourth-order valence-electron chi connectivity index (χ4n) is 1.70. The van der Waals surface area contributed by atoms with Gasteiger partial charge in [-0.25, -0.2) is 4.98 Å². The summed E-state index contributed by atoms with van der Waals surface area (Å²) in [6.07, 6.45) is 0. The number of thiazole rings is 1. The van der Waals surface area contributed by atoms with Gasteiger partial charge in [0.15, 0.2) is 5.13 Å². The van der Waals surface area contributed by atoms with Gasteiger partial charge in [-0.3, -0.25) is 4.79 Å². The van der Waals surface area contributed by atoms with E-state index in [-0.39, 0.29) is 5.91 Å². The summed E-state index contributed by atoms with van der Waals surface area (Å²) in [4.78, 5) is 16.6. The number of nitrogens with zero attached hydrogens (tertiary/aromatic N) is 1. The number of aromatic nitrogens is 1. The van der Waals surface area contributed by atoms with Crippen molar-refractivity contribution >= 4 is 28.1 Å². The van der Waals surface area contributed by atoms with Crippen LogP contribution in [-0.4, -0.2) is 24.5 Å². The third-order valence-corrected chi connectivity index (χ3v) is 3.72. The van der Waals surface area contributed by atoms with Crippen molar-refractivity contribution in [1.29, 1.82) is 0 Å². The molecule has 2 aromatic rings. The lowest BCUT2D eigenvalue weighted by Crippen LogP contribution is -2.17. The second-order valence-electron chi connectivity index (χ2n) is 4.10. The molecule has 0 atom stereocenters. The van der Waals surface area contributed by atoms with Crippen molar-refractivity contribution in [2.75, 3.05) is 19.0 Å². The molecule has 0 aliphatic rings. The molecule has 20 heavy (non-hydrogen) atoms. The van der Waals surface area contributed by atoms with Crippen molar-refractivity contribution in [3.05, 3.63) is 34.8 Å². The molecule has 1 aromatic carbocycles.